The van der Waals surface area contributed by atoms with Gasteiger partial charge < -0.3 is 0 Å². The molecule has 0 aliphatic heterocycles. The lowest BCUT2D eigenvalue weighted by molar-refractivity contribution is 1.20. The van der Waals surface area contributed by atoms with Gasteiger partial charge in [-0.3, -0.25) is 0 Å². The van der Waals surface area contributed by atoms with Crippen molar-refractivity contribution < 1.29 is 0 Å². The van der Waals surface area contributed by atoms with Crippen LogP contribution in [0.15, 0.2) is 60.7 Å². The van der Waals surface area contributed by atoms with Crippen LogP contribution in [-0.4, -0.2) is 8.07 Å². The first kappa shape index (κ1) is 15.8. The third-order valence-corrected chi connectivity index (χ3v) is 10.4. The average Bonchev–Trinajstić information content (AvgIpc) is 2.57. The largest absolute Gasteiger partial charge is 0.0867 e. The summed E-state index contributed by atoms with van der Waals surface area (Å²) in [4.78, 5) is 0. The van der Waals surface area contributed by atoms with Gasteiger partial charge in [-0.2, -0.15) is 0 Å². The first-order valence-electron chi connectivity index (χ1n) is 8.08. The van der Waals surface area contributed by atoms with Crippen LogP contribution < -0.4 is 0 Å². The first-order chi connectivity index (χ1) is 10.3. The van der Waals surface area contributed by atoms with Gasteiger partial charge in [-0.05, 0) is 11.1 Å². The number of hydrogen-bond acceptors (Lipinski definition) is 0. The highest BCUT2D eigenvalue weighted by atomic mass is 28.3. The molecule has 0 N–H and O–H groups in total. The van der Waals surface area contributed by atoms with E-state index in [4.69, 9.17) is 0 Å². The van der Waals surface area contributed by atoms with Gasteiger partial charge in [0.05, 0.1) is 8.07 Å². The van der Waals surface area contributed by atoms with Crippen LogP contribution in [0, 0.1) is 0 Å². The summed E-state index contributed by atoms with van der Waals surface area (Å²) in [6.45, 7) is 7.13. The van der Waals surface area contributed by atoms with Crippen molar-refractivity contribution in [2.75, 3.05) is 0 Å². The molecule has 2 rings (SSSR count). The lowest BCUT2D eigenvalue weighted by Gasteiger charge is -2.32. The Morgan fingerprint density at radius 1 is 0.762 bits per heavy atom. The fourth-order valence-corrected chi connectivity index (χ4v) is 7.09. The van der Waals surface area contributed by atoms with Crippen molar-refractivity contribution in [1.82, 2.24) is 0 Å². The minimum absolute atomic E-state index is 1.31. The van der Waals surface area contributed by atoms with Gasteiger partial charge in [0.15, 0.2) is 0 Å². The summed E-state index contributed by atoms with van der Waals surface area (Å²) in [7, 11) is -1.41. The summed E-state index contributed by atoms with van der Waals surface area (Å²) in [6.07, 6.45) is 2.44. The van der Waals surface area contributed by atoms with E-state index in [9.17, 15) is 0 Å². The zero-order valence-electron chi connectivity index (χ0n) is 13.5. The molecule has 0 aromatic heterocycles. The minimum Gasteiger partial charge on any atom is -0.0675 e. The van der Waals surface area contributed by atoms with Gasteiger partial charge in [-0.25, -0.2) is 0 Å². The van der Waals surface area contributed by atoms with Crippen molar-refractivity contribution in [2.45, 2.75) is 38.9 Å². The predicted octanol–water partition coefficient (Wildman–Crippen LogP) is 6.27. The summed E-state index contributed by atoms with van der Waals surface area (Å²) < 4.78 is 0. The van der Waals surface area contributed by atoms with Crippen LogP contribution in [-0.2, 0) is 0 Å². The molecule has 0 bridgehead atoms. The first-order valence-corrected chi connectivity index (χ1v) is 10.7. The molecular formula is C20H26Si. The molecule has 0 aliphatic carbocycles. The van der Waals surface area contributed by atoms with Crippen LogP contribution in [0.2, 0.25) is 18.1 Å². The Morgan fingerprint density at radius 3 is 1.71 bits per heavy atom. The molecule has 0 saturated heterocycles. The Labute approximate surface area is 130 Å². The van der Waals surface area contributed by atoms with Gasteiger partial charge in [-0.1, -0.05) is 111 Å². The lowest BCUT2D eigenvalue weighted by Crippen LogP contribution is -2.33. The summed E-state index contributed by atoms with van der Waals surface area (Å²) >= 11 is 0. The van der Waals surface area contributed by atoms with E-state index in [2.05, 4.69) is 87.5 Å². The fourth-order valence-electron chi connectivity index (χ4n) is 3.20. The molecule has 0 radical (unpaired) electrons. The lowest BCUT2D eigenvalue weighted by atomic mass is 10.1. The van der Waals surface area contributed by atoms with E-state index in [1.807, 2.05) is 0 Å². The second kappa shape index (κ2) is 7.42. The molecule has 0 heterocycles. The smallest absolute Gasteiger partial charge is 0.0675 e. The van der Waals surface area contributed by atoms with Gasteiger partial charge >= 0.3 is 0 Å². The highest BCUT2D eigenvalue weighted by molar-refractivity contribution is 6.97. The topological polar surface area (TPSA) is 0 Å². The van der Waals surface area contributed by atoms with E-state index in [0.29, 0.717) is 0 Å². The average molecular weight is 295 g/mol. The molecule has 0 spiro atoms. The molecule has 110 valence electrons. The summed E-state index contributed by atoms with van der Waals surface area (Å²) in [5.74, 6) is 0. The molecule has 2 aromatic carbocycles. The van der Waals surface area contributed by atoms with E-state index >= 15 is 0 Å². The summed E-state index contributed by atoms with van der Waals surface area (Å²) in [5.41, 5.74) is 2.74. The molecule has 0 aliphatic rings. The van der Waals surface area contributed by atoms with Crippen molar-refractivity contribution in [3.63, 3.8) is 0 Å². The molecule has 21 heavy (non-hydrogen) atoms. The van der Waals surface area contributed by atoms with Gasteiger partial charge in [0.2, 0.25) is 0 Å². The van der Waals surface area contributed by atoms with E-state index in [1.54, 1.807) is 5.20 Å². The zero-order chi connectivity index (χ0) is 15.1. The van der Waals surface area contributed by atoms with Crippen LogP contribution in [0.4, 0.5) is 0 Å². The van der Waals surface area contributed by atoms with Gasteiger partial charge in [-0.15, -0.1) is 0 Å². The Morgan fingerprint density at radius 2 is 1.24 bits per heavy atom. The normalized spacial score (nSPS) is 12.4. The van der Waals surface area contributed by atoms with Crippen molar-refractivity contribution in [3.8, 4) is 0 Å². The van der Waals surface area contributed by atoms with E-state index in [1.165, 1.54) is 29.3 Å². The monoisotopic (exact) mass is 294 g/mol. The quantitative estimate of drug-likeness (QED) is 0.435. The molecule has 1 heteroatoms. The number of hydrogen-bond donors (Lipinski definition) is 0. The number of rotatable bonds is 6. The Bertz CT molecular complexity index is 557. The second-order valence-electron chi connectivity index (χ2n) is 5.68. The Balaban J connectivity index is 2.57. The third-order valence-electron chi connectivity index (χ3n) is 4.80. The molecule has 0 atom stereocenters. The zero-order valence-corrected chi connectivity index (χ0v) is 14.5. The van der Waals surface area contributed by atoms with Crippen molar-refractivity contribution in [1.29, 1.82) is 0 Å². The van der Waals surface area contributed by atoms with Crippen molar-refractivity contribution >= 4 is 19.3 Å². The molecule has 0 saturated carbocycles. The molecule has 0 nitrogen and oxygen atoms in total. The molecular weight excluding hydrogens is 268 g/mol. The Hall–Kier alpha value is -1.60. The maximum absolute atomic E-state index is 2.44. The maximum atomic E-state index is 2.44. The highest BCUT2D eigenvalue weighted by Crippen LogP contribution is 2.36. The van der Waals surface area contributed by atoms with Crippen molar-refractivity contribution in [3.05, 3.63) is 71.8 Å². The standard InChI is InChI=1S/C20H26Si/c1-4-21(5-2,6-3)20(19-15-11-8-12-16-19)17-18-13-9-7-10-14-18/h7-17H,4-6H2,1-3H3. The number of benzene rings is 2. The Kier molecular flexibility index (Phi) is 5.57. The van der Waals surface area contributed by atoms with Crippen molar-refractivity contribution in [2.24, 2.45) is 0 Å². The molecule has 0 fully saturated rings. The minimum atomic E-state index is -1.41. The van der Waals surface area contributed by atoms with Crippen LogP contribution in [0.25, 0.3) is 11.3 Å². The predicted molar refractivity (Wildman–Crippen MR) is 98.0 cm³/mol. The van der Waals surface area contributed by atoms with E-state index in [0.717, 1.165) is 0 Å². The van der Waals surface area contributed by atoms with E-state index < -0.39 is 8.07 Å². The maximum Gasteiger partial charge on any atom is 0.0867 e. The van der Waals surface area contributed by atoms with Crippen LogP contribution in [0.1, 0.15) is 31.9 Å². The van der Waals surface area contributed by atoms with Crippen LogP contribution in [0.5, 0.6) is 0 Å². The van der Waals surface area contributed by atoms with Gasteiger partial charge in [0, 0.05) is 0 Å². The summed E-state index contributed by atoms with van der Waals surface area (Å²) in [6, 6.07) is 25.7. The second-order valence-corrected chi connectivity index (χ2v) is 10.9. The van der Waals surface area contributed by atoms with E-state index in [-0.39, 0.29) is 0 Å². The molecule has 2 aromatic rings. The fraction of sp³-hybridized carbons (Fsp3) is 0.300. The van der Waals surface area contributed by atoms with Crippen LogP contribution >= 0.6 is 0 Å². The van der Waals surface area contributed by atoms with Gasteiger partial charge in [0.25, 0.3) is 0 Å². The van der Waals surface area contributed by atoms with Gasteiger partial charge in [0.1, 0.15) is 0 Å². The SMILES string of the molecule is CC[Si](CC)(CC)C(=Cc1ccccc1)c1ccccc1. The third kappa shape index (κ3) is 3.54. The molecule has 0 amide bonds. The van der Waals surface area contributed by atoms with Crippen LogP contribution in [0.3, 0.4) is 0 Å². The highest BCUT2D eigenvalue weighted by Gasteiger charge is 2.32. The summed E-state index contributed by atoms with van der Waals surface area (Å²) in [5, 5.41) is 1.61. The molecule has 0 unspecified atom stereocenters.